The molecule has 0 bridgehead atoms. The number of rotatable bonds is 2. The zero-order chi connectivity index (χ0) is 10.6. The van der Waals surface area contributed by atoms with Crippen molar-refractivity contribution in [1.82, 2.24) is 5.32 Å². The fraction of sp³-hybridized carbons (Fsp3) is 0.111. The lowest BCUT2D eigenvalue weighted by Crippen LogP contribution is -2.34. The zero-order valence-electron chi connectivity index (χ0n) is 7.61. The third kappa shape index (κ3) is 2.43. The van der Waals surface area contributed by atoms with Crippen molar-refractivity contribution in [3.8, 4) is 5.75 Å². The van der Waals surface area contributed by atoms with Gasteiger partial charge in [0.05, 0.1) is 12.7 Å². The van der Waals surface area contributed by atoms with Crippen LogP contribution in [0.1, 0.15) is 10.4 Å². The van der Waals surface area contributed by atoms with Crippen molar-refractivity contribution in [2.45, 2.75) is 0 Å². The van der Waals surface area contributed by atoms with Gasteiger partial charge in [0.1, 0.15) is 5.75 Å². The molecule has 14 heavy (non-hydrogen) atoms. The maximum absolute atomic E-state index is 11.5. The van der Waals surface area contributed by atoms with Gasteiger partial charge in [-0.15, -0.1) is 0 Å². The van der Waals surface area contributed by atoms with Crippen LogP contribution in [0.25, 0.3) is 0 Å². The van der Waals surface area contributed by atoms with Gasteiger partial charge in [-0.1, -0.05) is 12.1 Å². The first-order chi connectivity index (χ1) is 6.65. The van der Waals surface area contributed by atoms with Gasteiger partial charge in [0.15, 0.2) is 5.11 Å². The number of para-hydroxylation sites is 1. The number of hydrogen-bond acceptors (Lipinski definition) is 3. The number of thiocarbonyl (C=S) groups is 1. The van der Waals surface area contributed by atoms with E-state index >= 15 is 0 Å². The van der Waals surface area contributed by atoms with Crippen LogP contribution in [0, 0.1) is 0 Å². The van der Waals surface area contributed by atoms with E-state index in [4.69, 9.17) is 10.5 Å². The van der Waals surface area contributed by atoms with E-state index in [1.165, 1.54) is 7.11 Å². The van der Waals surface area contributed by atoms with Gasteiger partial charge in [0, 0.05) is 0 Å². The number of nitrogens with two attached hydrogens (primary N) is 1. The molecule has 4 nitrogen and oxygen atoms in total. The van der Waals surface area contributed by atoms with E-state index in [0.29, 0.717) is 11.3 Å². The van der Waals surface area contributed by atoms with E-state index in [2.05, 4.69) is 17.5 Å². The van der Waals surface area contributed by atoms with Crippen LogP contribution >= 0.6 is 12.2 Å². The molecule has 0 atom stereocenters. The number of carbonyl (C=O) groups is 1. The highest BCUT2D eigenvalue weighted by molar-refractivity contribution is 7.80. The Hall–Kier alpha value is -1.62. The van der Waals surface area contributed by atoms with E-state index in [0.717, 1.165) is 0 Å². The Labute approximate surface area is 87.0 Å². The molecule has 0 unspecified atom stereocenters. The molecule has 0 aliphatic rings. The SMILES string of the molecule is COc1ccccc1C(=O)NC(N)=S. The molecule has 0 saturated heterocycles. The summed E-state index contributed by atoms with van der Waals surface area (Å²) in [6.07, 6.45) is 0. The molecule has 0 aromatic heterocycles. The summed E-state index contributed by atoms with van der Waals surface area (Å²) in [5, 5.41) is 2.27. The van der Waals surface area contributed by atoms with Crippen LogP contribution in [0.3, 0.4) is 0 Å². The van der Waals surface area contributed by atoms with Crippen molar-refractivity contribution in [2.24, 2.45) is 5.73 Å². The van der Waals surface area contributed by atoms with Crippen molar-refractivity contribution >= 4 is 23.2 Å². The molecular formula is C9H10N2O2S. The van der Waals surface area contributed by atoms with Crippen LogP contribution in [0.5, 0.6) is 5.75 Å². The quantitative estimate of drug-likeness (QED) is 0.704. The molecule has 0 aliphatic heterocycles. The third-order valence-corrected chi connectivity index (χ3v) is 1.69. The average molecular weight is 210 g/mol. The first-order valence-corrected chi connectivity index (χ1v) is 4.29. The summed E-state index contributed by atoms with van der Waals surface area (Å²) in [5.41, 5.74) is 5.59. The fourth-order valence-electron chi connectivity index (χ4n) is 1.01. The summed E-state index contributed by atoms with van der Waals surface area (Å²) in [5.74, 6) is 0.121. The highest BCUT2D eigenvalue weighted by atomic mass is 32.1. The molecule has 1 aromatic rings. The van der Waals surface area contributed by atoms with Crippen LogP contribution in [0.2, 0.25) is 0 Å². The molecule has 0 spiro atoms. The Balaban J connectivity index is 2.94. The average Bonchev–Trinajstić information content (AvgIpc) is 2.16. The monoisotopic (exact) mass is 210 g/mol. The summed E-state index contributed by atoms with van der Waals surface area (Å²) in [6.45, 7) is 0. The lowest BCUT2D eigenvalue weighted by Gasteiger charge is -2.07. The minimum Gasteiger partial charge on any atom is -0.496 e. The van der Waals surface area contributed by atoms with Gasteiger partial charge in [-0.05, 0) is 24.4 Å². The molecule has 3 N–H and O–H groups in total. The van der Waals surface area contributed by atoms with Gasteiger partial charge in [-0.2, -0.15) is 0 Å². The van der Waals surface area contributed by atoms with Gasteiger partial charge in [-0.25, -0.2) is 0 Å². The van der Waals surface area contributed by atoms with Crippen molar-refractivity contribution in [3.05, 3.63) is 29.8 Å². The van der Waals surface area contributed by atoms with Gasteiger partial charge in [0.2, 0.25) is 0 Å². The minimum atomic E-state index is -0.366. The molecule has 0 radical (unpaired) electrons. The smallest absolute Gasteiger partial charge is 0.261 e. The summed E-state index contributed by atoms with van der Waals surface area (Å²) in [6, 6.07) is 6.83. The number of ether oxygens (including phenoxy) is 1. The summed E-state index contributed by atoms with van der Waals surface area (Å²) < 4.78 is 5.00. The van der Waals surface area contributed by atoms with E-state index in [9.17, 15) is 4.79 Å². The van der Waals surface area contributed by atoms with E-state index in [1.807, 2.05) is 0 Å². The van der Waals surface area contributed by atoms with E-state index < -0.39 is 0 Å². The number of amides is 1. The molecule has 0 aliphatic carbocycles. The van der Waals surface area contributed by atoms with Crippen LogP contribution in [-0.4, -0.2) is 18.1 Å². The number of benzene rings is 1. The Morgan fingerprint density at radius 2 is 2.14 bits per heavy atom. The molecule has 1 rings (SSSR count). The fourth-order valence-corrected chi connectivity index (χ4v) is 1.10. The Morgan fingerprint density at radius 1 is 1.50 bits per heavy atom. The minimum absolute atomic E-state index is 0.0547. The molecule has 74 valence electrons. The van der Waals surface area contributed by atoms with Gasteiger partial charge in [-0.3, -0.25) is 10.1 Å². The second-order valence-electron chi connectivity index (χ2n) is 2.52. The van der Waals surface area contributed by atoms with Crippen LogP contribution in [0.15, 0.2) is 24.3 Å². The molecular weight excluding hydrogens is 200 g/mol. The predicted octanol–water partition coefficient (Wildman–Crippen LogP) is 0.669. The molecule has 1 amide bonds. The lowest BCUT2D eigenvalue weighted by atomic mass is 10.2. The Bertz CT molecular complexity index is 366. The van der Waals surface area contributed by atoms with Gasteiger partial charge in [0.25, 0.3) is 5.91 Å². The standard InChI is InChI=1S/C9H10N2O2S/c1-13-7-5-3-2-4-6(7)8(12)11-9(10)14/h2-5H,1H3,(H3,10,11,12,14). The number of nitrogens with one attached hydrogen (secondary N) is 1. The van der Waals surface area contributed by atoms with Crippen molar-refractivity contribution < 1.29 is 9.53 Å². The van der Waals surface area contributed by atoms with E-state index in [-0.39, 0.29) is 11.0 Å². The molecule has 1 aromatic carbocycles. The van der Waals surface area contributed by atoms with Crippen molar-refractivity contribution in [2.75, 3.05) is 7.11 Å². The van der Waals surface area contributed by atoms with Crippen LogP contribution < -0.4 is 15.8 Å². The molecule has 0 heterocycles. The first-order valence-electron chi connectivity index (χ1n) is 3.89. The largest absolute Gasteiger partial charge is 0.496 e. The predicted molar refractivity (Wildman–Crippen MR) is 57.2 cm³/mol. The zero-order valence-corrected chi connectivity index (χ0v) is 8.43. The van der Waals surface area contributed by atoms with Crippen LogP contribution in [0.4, 0.5) is 0 Å². The maximum atomic E-state index is 11.5. The second-order valence-corrected chi connectivity index (χ2v) is 2.96. The molecule has 0 saturated carbocycles. The topological polar surface area (TPSA) is 64.3 Å². The summed E-state index contributed by atoms with van der Waals surface area (Å²) in [4.78, 5) is 11.5. The van der Waals surface area contributed by atoms with Gasteiger partial charge >= 0.3 is 0 Å². The van der Waals surface area contributed by atoms with Crippen LogP contribution in [-0.2, 0) is 0 Å². The Kier molecular flexibility index (Phi) is 3.41. The molecule has 5 heteroatoms. The second kappa shape index (κ2) is 4.57. The number of methoxy groups -OCH3 is 1. The van der Waals surface area contributed by atoms with Crippen molar-refractivity contribution in [1.29, 1.82) is 0 Å². The number of hydrogen-bond donors (Lipinski definition) is 2. The Morgan fingerprint density at radius 3 is 2.71 bits per heavy atom. The maximum Gasteiger partial charge on any atom is 0.261 e. The highest BCUT2D eigenvalue weighted by Gasteiger charge is 2.10. The third-order valence-electron chi connectivity index (χ3n) is 1.59. The summed E-state index contributed by atoms with van der Waals surface area (Å²) >= 11 is 4.56. The molecule has 0 fully saturated rings. The van der Waals surface area contributed by atoms with Crippen molar-refractivity contribution in [3.63, 3.8) is 0 Å². The first kappa shape index (κ1) is 10.5. The highest BCUT2D eigenvalue weighted by Crippen LogP contribution is 2.16. The summed E-state index contributed by atoms with van der Waals surface area (Å²) in [7, 11) is 1.49. The van der Waals surface area contributed by atoms with Gasteiger partial charge < -0.3 is 10.5 Å². The van der Waals surface area contributed by atoms with E-state index in [1.54, 1.807) is 24.3 Å². The lowest BCUT2D eigenvalue weighted by molar-refractivity contribution is 0.0974. The number of carbonyl (C=O) groups excluding carboxylic acids is 1. The normalized spacial score (nSPS) is 9.21.